The Morgan fingerprint density at radius 2 is 1.90 bits per heavy atom. The number of rotatable bonds is 9. The molecule has 1 atom stereocenters. The minimum absolute atomic E-state index is 0.121. The fourth-order valence-corrected chi connectivity index (χ4v) is 1.77. The quantitative estimate of drug-likeness (QED) is 0.551. The van der Waals surface area contributed by atoms with Gasteiger partial charge in [-0.1, -0.05) is 30.3 Å². The first kappa shape index (κ1) is 17.1. The Kier molecular flexibility index (Phi) is 8.08. The topological polar surface area (TPSA) is 93.5 Å². The van der Waals surface area contributed by atoms with Crippen molar-refractivity contribution in [3.05, 3.63) is 35.9 Å². The van der Waals surface area contributed by atoms with Crippen molar-refractivity contribution in [2.75, 3.05) is 26.8 Å². The number of hydrogen-bond donors (Lipinski definition) is 3. The minimum atomic E-state index is -0.607. The molecule has 0 radical (unpaired) electrons. The van der Waals surface area contributed by atoms with Gasteiger partial charge in [-0.3, -0.25) is 9.59 Å². The lowest BCUT2D eigenvalue weighted by molar-refractivity contribution is -0.123. The summed E-state index contributed by atoms with van der Waals surface area (Å²) in [5, 5.41) is 5.35. The lowest BCUT2D eigenvalue weighted by atomic mass is 10.1. The van der Waals surface area contributed by atoms with Crippen molar-refractivity contribution in [3.8, 4) is 0 Å². The largest absolute Gasteiger partial charge is 0.383 e. The Bertz CT molecular complexity index is 437. The van der Waals surface area contributed by atoms with Crippen LogP contribution in [0.3, 0.4) is 0 Å². The molecule has 0 saturated carbocycles. The van der Waals surface area contributed by atoms with Gasteiger partial charge in [0, 0.05) is 26.6 Å². The van der Waals surface area contributed by atoms with E-state index in [0.717, 1.165) is 5.56 Å². The molecule has 6 heteroatoms. The molecule has 0 unspecified atom stereocenters. The summed E-state index contributed by atoms with van der Waals surface area (Å²) in [6.45, 7) is 1.22. The number of nitrogens with two attached hydrogens (primary N) is 1. The highest BCUT2D eigenvalue weighted by molar-refractivity contribution is 5.82. The maximum atomic E-state index is 11.8. The van der Waals surface area contributed by atoms with E-state index in [1.807, 2.05) is 30.3 Å². The number of carbonyl (C=O) groups is 2. The highest BCUT2D eigenvalue weighted by Gasteiger charge is 2.13. The summed E-state index contributed by atoms with van der Waals surface area (Å²) in [6, 6.07) is 8.97. The molecule has 0 bridgehead atoms. The van der Waals surface area contributed by atoms with Gasteiger partial charge >= 0.3 is 0 Å². The van der Waals surface area contributed by atoms with Gasteiger partial charge < -0.3 is 21.1 Å². The number of amides is 2. The van der Waals surface area contributed by atoms with Gasteiger partial charge in [0.1, 0.15) is 0 Å². The van der Waals surface area contributed by atoms with Gasteiger partial charge in [-0.25, -0.2) is 0 Å². The molecule has 21 heavy (non-hydrogen) atoms. The van der Waals surface area contributed by atoms with Crippen molar-refractivity contribution < 1.29 is 14.3 Å². The van der Waals surface area contributed by atoms with Crippen LogP contribution in [0, 0.1) is 0 Å². The number of carbonyl (C=O) groups excluding carboxylic acids is 2. The van der Waals surface area contributed by atoms with Crippen molar-refractivity contribution in [3.63, 3.8) is 0 Å². The average Bonchev–Trinajstić information content (AvgIpc) is 2.48. The maximum absolute atomic E-state index is 11.8. The van der Waals surface area contributed by atoms with Gasteiger partial charge in [-0.05, 0) is 12.0 Å². The van der Waals surface area contributed by atoms with E-state index in [4.69, 9.17) is 10.5 Å². The average molecular weight is 293 g/mol. The summed E-state index contributed by atoms with van der Waals surface area (Å²) in [6.07, 6.45) is 0.709. The van der Waals surface area contributed by atoms with E-state index < -0.39 is 6.04 Å². The van der Waals surface area contributed by atoms with Gasteiger partial charge in [0.2, 0.25) is 11.8 Å². The van der Waals surface area contributed by atoms with Crippen LogP contribution in [0.5, 0.6) is 0 Å². The van der Waals surface area contributed by atoms with Gasteiger partial charge in [0.25, 0.3) is 0 Å². The first-order valence-electron chi connectivity index (χ1n) is 6.96. The molecular formula is C15H23N3O3. The summed E-state index contributed by atoms with van der Waals surface area (Å²) >= 11 is 0. The van der Waals surface area contributed by atoms with Crippen LogP contribution in [-0.2, 0) is 20.7 Å². The van der Waals surface area contributed by atoms with Crippen LogP contribution >= 0.6 is 0 Å². The summed E-state index contributed by atoms with van der Waals surface area (Å²) in [4.78, 5) is 23.2. The van der Waals surface area contributed by atoms with E-state index in [1.165, 1.54) is 0 Å². The summed E-state index contributed by atoms with van der Waals surface area (Å²) < 4.78 is 4.82. The molecule has 1 aromatic carbocycles. The normalized spacial score (nSPS) is 11.7. The van der Waals surface area contributed by atoms with Gasteiger partial charge in [-0.2, -0.15) is 0 Å². The Morgan fingerprint density at radius 3 is 2.57 bits per heavy atom. The zero-order valence-electron chi connectivity index (χ0n) is 12.3. The molecule has 1 aromatic rings. The highest BCUT2D eigenvalue weighted by atomic mass is 16.5. The molecule has 0 heterocycles. The predicted octanol–water partition coefficient (Wildman–Crippen LogP) is -0.175. The van der Waals surface area contributed by atoms with Gasteiger partial charge in [-0.15, -0.1) is 0 Å². The standard InChI is InChI=1S/C15H23N3O3/c1-21-10-9-17-14(19)7-8-18-15(20)13(16)11-12-5-3-2-4-6-12/h2-6,13H,7-11,16H2,1H3,(H,17,19)(H,18,20)/t13-/m1/s1. The predicted molar refractivity (Wildman–Crippen MR) is 80.6 cm³/mol. The molecule has 0 aliphatic rings. The second kappa shape index (κ2) is 9.90. The van der Waals surface area contributed by atoms with Crippen LogP contribution < -0.4 is 16.4 Å². The van der Waals surface area contributed by atoms with Gasteiger partial charge in [0.05, 0.1) is 12.6 Å². The molecule has 0 aliphatic carbocycles. The van der Waals surface area contributed by atoms with Crippen molar-refractivity contribution in [1.82, 2.24) is 10.6 Å². The number of hydrogen-bond acceptors (Lipinski definition) is 4. The fourth-order valence-electron chi connectivity index (χ4n) is 1.77. The van der Waals surface area contributed by atoms with Gasteiger partial charge in [0.15, 0.2) is 0 Å². The molecule has 2 amide bonds. The number of methoxy groups -OCH3 is 1. The molecule has 1 rings (SSSR count). The Balaban J connectivity index is 2.19. The van der Waals surface area contributed by atoms with Crippen molar-refractivity contribution in [2.24, 2.45) is 5.73 Å². The molecular weight excluding hydrogens is 270 g/mol. The Morgan fingerprint density at radius 1 is 1.19 bits per heavy atom. The molecule has 4 N–H and O–H groups in total. The third-order valence-electron chi connectivity index (χ3n) is 2.91. The van der Waals surface area contributed by atoms with E-state index in [0.29, 0.717) is 19.6 Å². The third-order valence-corrected chi connectivity index (χ3v) is 2.91. The summed E-state index contributed by atoms with van der Waals surface area (Å²) in [5.74, 6) is -0.368. The van der Waals surface area contributed by atoms with Crippen LogP contribution in [-0.4, -0.2) is 44.7 Å². The molecule has 0 spiro atoms. The molecule has 0 fully saturated rings. The van der Waals surface area contributed by atoms with Crippen molar-refractivity contribution in [2.45, 2.75) is 18.9 Å². The minimum Gasteiger partial charge on any atom is -0.383 e. The Labute approximate surface area is 125 Å². The lowest BCUT2D eigenvalue weighted by Crippen LogP contribution is -2.43. The molecule has 6 nitrogen and oxygen atoms in total. The van der Waals surface area contributed by atoms with Crippen LogP contribution in [0.2, 0.25) is 0 Å². The van der Waals surface area contributed by atoms with Crippen LogP contribution in [0.1, 0.15) is 12.0 Å². The SMILES string of the molecule is COCCNC(=O)CCNC(=O)[C@H](N)Cc1ccccc1. The van der Waals surface area contributed by atoms with Crippen LogP contribution in [0.4, 0.5) is 0 Å². The zero-order valence-corrected chi connectivity index (χ0v) is 12.3. The molecule has 0 aromatic heterocycles. The van der Waals surface area contributed by atoms with Crippen molar-refractivity contribution in [1.29, 1.82) is 0 Å². The molecule has 0 aliphatic heterocycles. The van der Waals surface area contributed by atoms with E-state index in [2.05, 4.69) is 10.6 Å². The number of benzene rings is 1. The van der Waals surface area contributed by atoms with Crippen molar-refractivity contribution >= 4 is 11.8 Å². The smallest absolute Gasteiger partial charge is 0.237 e. The monoisotopic (exact) mass is 293 g/mol. The first-order valence-corrected chi connectivity index (χ1v) is 6.96. The van der Waals surface area contributed by atoms with E-state index in [1.54, 1.807) is 7.11 Å². The third kappa shape index (κ3) is 7.43. The Hall–Kier alpha value is -1.92. The number of nitrogens with one attached hydrogen (secondary N) is 2. The van der Waals surface area contributed by atoms with Crippen LogP contribution in [0.25, 0.3) is 0 Å². The summed E-state index contributed by atoms with van der Waals surface area (Å²) in [5.41, 5.74) is 6.85. The molecule has 116 valence electrons. The fraction of sp³-hybridized carbons (Fsp3) is 0.467. The van der Waals surface area contributed by atoms with E-state index >= 15 is 0 Å². The second-order valence-corrected chi connectivity index (χ2v) is 4.68. The maximum Gasteiger partial charge on any atom is 0.237 e. The van der Waals surface area contributed by atoms with Crippen LogP contribution in [0.15, 0.2) is 30.3 Å². The molecule has 0 saturated heterocycles. The van der Waals surface area contributed by atoms with E-state index in [9.17, 15) is 9.59 Å². The second-order valence-electron chi connectivity index (χ2n) is 4.68. The zero-order chi connectivity index (χ0) is 15.5. The summed E-state index contributed by atoms with van der Waals surface area (Å²) in [7, 11) is 1.57. The lowest BCUT2D eigenvalue weighted by Gasteiger charge is -2.12. The highest BCUT2D eigenvalue weighted by Crippen LogP contribution is 2.01. The number of ether oxygens (including phenoxy) is 1. The van der Waals surface area contributed by atoms with E-state index in [-0.39, 0.29) is 24.8 Å². The first-order chi connectivity index (χ1) is 10.1.